The Morgan fingerprint density at radius 3 is 2.71 bits per heavy atom. The second kappa shape index (κ2) is 12.4. The first-order valence-electron chi connectivity index (χ1n) is 11.4. The van der Waals surface area contributed by atoms with Gasteiger partial charge in [0.25, 0.3) is 11.1 Å². The van der Waals surface area contributed by atoms with E-state index in [1.807, 2.05) is 0 Å². The molecule has 4 rings (SSSR count). The van der Waals surface area contributed by atoms with Gasteiger partial charge in [-0.3, -0.25) is 9.69 Å². The van der Waals surface area contributed by atoms with E-state index in [9.17, 15) is 18.0 Å². The molecule has 0 atom stereocenters. The molecule has 0 spiro atoms. The van der Waals surface area contributed by atoms with Crippen molar-refractivity contribution in [2.45, 2.75) is 71.0 Å². The Morgan fingerprint density at radius 2 is 2.06 bits per heavy atom. The second-order valence-corrected chi connectivity index (χ2v) is 9.56. The first-order valence-corrected chi connectivity index (χ1v) is 12.2. The monoisotopic (exact) mass is 501 g/mol. The Balaban J connectivity index is 0.000000248. The maximum Gasteiger partial charge on any atom is 0.422 e. The van der Waals surface area contributed by atoms with E-state index in [0.717, 1.165) is 42.5 Å². The molecule has 188 valence electrons. The zero-order valence-electron chi connectivity index (χ0n) is 19.3. The van der Waals surface area contributed by atoms with E-state index in [2.05, 4.69) is 31.8 Å². The fourth-order valence-corrected chi connectivity index (χ4v) is 4.97. The number of carbonyl (C=O) groups excluding carboxylic acids is 1. The van der Waals surface area contributed by atoms with E-state index in [1.165, 1.54) is 49.9 Å². The lowest BCUT2D eigenvalue weighted by molar-refractivity contribution is -0.153. The summed E-state index contributed by atoms with van der Waals surface area (Å²) in [5.74, 6) is 1.21. The number of fused-ring (bicyclic) bond motifs is 1. The molecular weight excluding hydrogens is 471 g/mol. The topological polar surface area (TPSA) is 93.7 Å². The molecule has 0 saturated heterocycles. The molecule has 2 aliphatic rings. The molecule has 8 nitrogen and oxygen atoms in total. The molecule has 34 heavy (non-hydrogen) atoms. The molecule has 0 N–H and O–H groups in total. The van der Waals surface area contributed by atoms with Gasteiger partial charge in [0.1, 0.15) is 6.42 Å². The van der Waals surface area contributed by atoms with Crippen LogP contribution in [0.2, 0.25) is 0 Å². The van der Waals surface area contributed by atoms with Gasteiger partial charge < -0.3 is 9.15 Å². The average molecular weight is 502 g/mol. The Kier molecular flexibility index (Phi) is 9.57. The Morgan fingerprint density at radius 1 is 1.29 bits per heavy atom. The lowest BCUT2D eigenvalue weighted by Crippen LogP contribution is -2.32. The smallest absolute Gasteiger partial charge is 0.422 e. The molecule has 12 heteroatoms. The Bertz CT molecular complexity index is 941. The summed E-state index contributed by atoms with van der Waals surface area (Å²) in [4.78, 5) is 21.5. The van der Waals surface area contributed by atoms with Gasteiger partial charge >= 0.3 is 6.18 Å². The number of hydrogen-bond acceptors (Lipinski definition) is 8. The number of halogens is 3. The van der Waals surface area contributed by atoms with Gasteiger partial charge in [-0.25, -0.2) is 9.98 Å². The largest absolute Gasteiger partial charge is 0.460 e. The van der Waals surface area contributed by atoms with Crippen LogP contribution in [0.25, 0.3) is 0 Å². The molecule has 2 aromatic heterocycles. The molecule has 3 heterocycles. The van der Waals surface area contributed by atoms with E-state index >= 15 is 0 Å². The van der Waals surface area contributed by atoms with Crippen molar-refractivity contribution in [2.75, 3.05) is 19.7 Å². The zero-order valence-corrected chi connectivity index (χ0v) is 20.1. The Hall–Kier alpha value is -2.34. The van der Waals surface area contributed by atoms with Gasteiger partial charge in [-0.05, 0) is 32.0 Å². The minimum absolute atomic E-state index is 0.0321. The molecule has 0 unspecified atom stereocenters. The molecular formula is C22H30F3N5O3S. The van der Waals surface area contributed by atoms with Crippen LogP contribution in [0.5, 0.6) is 5.19 Å². The fourth-order valence-electron chi connectivity index (χ4n) is 4.06. The third-order valence-electron chi connectivity index (χ3n) is 5.77. The molecule has 1 aliphatic heterocycles. The summed E-state index contributed by atoms with van der Waals surface area (Å²) in [5.41, 5.74) is 0.905. The fraction of sp³-hybridized carbons (Fsp3) is 0.682. The van der Waals surface area contributed by atoms with Crippen LogP contribution < -0.4 is 4.74 Å². The number of rotatable bonds is 7. The number of thiazole rings is 1. The van der Waals surface area contributed by atoms with Crippen LogP contribution in [0, 0.1) is 12.8 Å². The molecule has 1 amide bonds. The van der Waals surface area contributed by atoms with Crippen LogP contribution in [0.1, 0.15) is 60.9 Å². The van der Waals surface area contributed by atoms with Gasteiger partial charge in [-0.2, -0.15) is 13.2 Å². The average Bonchev–Trinajstić information content (AvgIpc) is 3.41. The van der Waals surface area contributed by atoms with Crippen LogP contribution in [-0.2, 0) is 24.2 Å². The number of hydrogen-bond donors (Lipinski definition) is 0. The third-order valence-corrected chi connectivity index (χ3v) is 6.84. The highest BCUT2D eigenvalue weighted by atomic mass is 32.1. The highest BCUT2D eigenvalue weighted by molar-refractivity contribution is 7.13. The highest BCUT2D eigenvalue weighted by Gasteiger charge is 2.30. The molecule has 1 fully saturated rings. The molecule has 0 aromatic carbocycles. The van der Waals surface area contributed by atoms with Gasteiger partial charge in [0.15, 0.2) is 6.61 Å². The van der Waals surface area contributed by atoms with Gasteiger partial charge in [-0.15, -0.1) is 10.2 Å². The van der Waals surface area contributed by atoms with Crippen molar-refractivity contribution >= 4 is 24.0 Å². The first kappa shape index (κ1) is 26.3. The zero-order chi connectivity index (χ0) is 24.6. The molecule has 1 aliphatic carbocycles. The summed E-state index contributed by atoms with van der Waals surface area (Å²) >= 11 is 1.26. The summed E-state index contributed by atoms with van der Waals surface area (Å²) in [7, 11) is 0. The van der Waals surface area contributed by atoms with Crippen LogP contribution in [0.15, 0.2) is 9.41 Å². The summed E-state index contributed by atoms with van der Waals surface area (Å²) in [6.07, 6.45) is 4.63. The number of nitrogens with zero attached hydrogens (tertiary/aromatic N) is 5. The van der Waals surface area contributed by atoms with Crippen molar-refractivity contribution in [3.05, 3.63) is 22.4 Å². The number of carbonyl (C=O) groups is 1. The predicted molar refractivity (Wildman–Crippen MR) is 121 cm³/mol. The van der Waals surface area contributed by atoms with Gasteiger partial charge in [0, 0.05) is 24.9 Å². The number of amides is 1. The van der Waals surface area contributed by atoms with E-state index in [1.54, 1.807) is 6.92 Å². The highest BCUT2D eigenvalue weighted by Crippen LogP contribution is 2.32. The van der Waals surface area contributed by atoms with Gasteiger partial charge in [-0.1, -0.05) is 43.4 Å². The van der Waals surface area contributed by atoms with Crippen molar-refractivity contribution in [1.82, 2.24) is 20.1 Å². The van der Waals surface area contributed by atoms with Crippen molar-refractivity contribution in [1.29, 1.82) is 0 Å². The summed E-state index contributed by atoms with van der Waals surface area (Å²) in [6, 6.07) is 0. The number of aryl methyl sites for hydroxylation is 1. The predicted octanol–water partition coefficient (Wildman–Crippen LogP) is 4.56. The lowest BCUT2D eigenvalue weighted by atomic mass is 9.87. The number of ether oxygens (including phenoxy) is 1. The Labute approximate surface area is 200 Å². The van der Waals surface area contributed by atoms with E-state index < -0.39 is 12.8 Å². The normalized spacial score (nSPS) is 16.9. The van der Waals surface area contributed by atoms with Gasteiger partial charge in [0.2, 0.25) is 11.8 Å². The van der Waals surface area contributed by atoms with Crippen LogP contribution in [-0.4, -0.2) is 58.6 Å². The molecule has 1 saturated carbocycles. The lowest BCUT2D eigenvalue weighted by Gasteiger charge is -2.29. The maximum atomic E-state index is 12.2. The molecule has 0 bridgehead atoms. The van der Waals surface area contributed by atoms with Crippen molar-refractivity contribution in [3.63, 3.8) is 0 Å². The SMILES string of the molecule is C=NC(=O)Cc1nnc(C)o1.FC(F)(F)COc1nc2c(s1)CCN(CCC1CCCCC1)C2. The van der Waals surface area contributed by atoms with Crippen molar-refractivity contribution in [3.8, 4) is 5.19 Å². The summed E-state index contributed by atoms with van der Waals surface area (Å²) in [5, 5.41) is 7.31. The number of aliphatic imine (C=N–C) groups is 1. The summed E-state index contributed by atoms with van der Waals surface area (Å²) < 4.78 is 46.3. The van der Waals surface area contributed by atoms with Crippen molar-refractivity contribution in [2.24, 2.45) is 10.9 Å². The second-order valence-electron chi connectivity index (χ2n) is 8.52. The summed E-state index contributed by atoms with van der Waals surface area (Å²) in [6.45, 7) is 6.26. The van der Waals surface area contributed by atoms with Crippen LogP contribution >= 0.6 is 11.3 Å². The minimum atomic E-state index is -4.31. The van der Waals surface area contributed by atoms with Gasteiger partial charge in [0.05, 0.1) is 5.69 Å². The standard InChI is InChI=1S/C16H23F3N2OS.C6H7N3O2/c17-16(18,19)11-22-15-20-13-10-21(9-7-14(13)23-15)8-6-12-4-2-1-3-5-12;1-4-8-9-6(11-4)3-5(10)7-2/h12H,1-11H2;2-3H2,1H3. The van der Waals surface area contributed by atoms with Crippen LogP contribution in [0.4, 0.5) is 13.2 Å². The van der Waals surface area contributed by atoms with Crippen molar-refractivity contribution < 1.29 is 27.1 Å². The third kappa shape index (κ3) is 8.79. The van der Waals surface area contributed by atoms with Crippen LogP contribution in [0.3, 0.4) is 0 Å². The van der Waals surface area contributed by atoms with E-state index in [4.69, 9.17) is 9.15 Å². The number of alkyl halides is 3. The molecule has 0 radical (unpaired) electrons. The first-order chi connectivity index (χ1) is 16.2. The maximum absolute atomic E-state index is 12.2. The minimum Gasteiger partial charge on any atom is -0.460 e. The van der Waals surface area contributed by atoms with E-state index in [-0.39, 0.29) is 23.4 Å². The van der Waals surface area contributed by atoms with E-state index in [0.29, 0.717) is 5.89 Å². The number of aromatic nitrogens is 3. The quantitative estimate of drug-likeness (QED) is 0.514. The molecule has 2 aromatic rings.